The molecule has 1 saturated heterocycles. The Labute approximate surface area is 238 Å². The maximum absolute atomic E-state index is 14.3. The third kappa shape index (κ3) is 7.26. The molecule has 0 saturated carbocycles. The highest BCUT2D eigenvalue weighted by Gasteiger charge is 2.26. The van der Waals surface area contributed by atoms with Gasteiger partial charge in [0.15, 0.2) is 0 Å². The number of amides is 2. The topological polar surface area (TPSA) is 113 Å². The molecule has 0 aliphatic carbocycles. The lowest BCUT2D eigenvalue weighted by molar-refractivity contribution is -0.0333. The third-order valence-electron chi connectivity index (χ3n) is 6.70. The van der Waals surface area contributed by atoms with Gasteiger partial charge in [0.2, 0.25) is 0 Å². The van der Waals surface area contributed by atoms with Gasteiger partial charge in [0.1, 0.15) is 5.82 Å². The van der Waals surface area contributed by atoms with E-state index in [1.165, 1.54) is 12.1 Å². The maximum Gasteiger partial charge on any atom is 0.319 e. The van der Waals surface area contributed by atoms with Crippen LogP contribution in [0.2, 0.25) is 0 Å². The number of anilines is 2. The van der Waals surface area contributed by atoms with Gasteiger partial charge in [-0.25, -0.2) is 17.6 Å². The van der Waals surface area contributed by atoms with E-state index < -0.39 is 21.9 Å². The Morgan fingerprint density at radius 3 is 2.49 bits per heavy atom. The highest BCUT2D eigenvalue weighted by molar-refractivity contribution is 7.92. The average molecular weight is 576 g/mol. The molecule has 1 fully saturated rings. The molecule has 9 nitrogen and oxygen atoms in total. The lowest BCUT2D eigenvalue weighted by Gasteiger charge is -2.38. The summed E-state index contributed by atoms with van der Waals surface area (Å²) in [6.07, 6.45) is 3.54. The maximum atomic E-state index is 14.3. The molecule has 0 atom stereocenters. The van der Waals surface area contributed by atoms with Gasteiger partial charge in [0.25, 0.3) is 10.0 Å². The summed E-state index contributed by atoms with van der Waals surface area (Å²) in [5, 5.41) is 5.44. The van der Waals surface area contributed by atoms with Crippen molar-refractivity contribution in [1.82, 2.24) is 15.2 Å². The smallest absolute Gasteiger partial charge is 0.319 e. The second-order valence-electron chi connectivity index (χ2n) is 9.74. The minimum absolute atomic E-state index is 0.0450. The third-order valence-corrected chi connectivity index (χ3v) is 8.14. The molecule has 1 aromatic heterocycles. The first-order chi connectivity index (χ1) is 19.8. The van der Waals surface area contributed by atoms with Crippen molar-refractivity contribution in [3.8, 4) is 11.1 Å². The largest absolute Gasteiger partial charge is 0.379 e. The van der Waals surface area contributed by atoms with Gasteiger partial charge in [-0.2, -0.15) is 0 Å². The molecule has 3 aromatic carbocycles. The fraction of sp³-hybridized carbons (Fsp3) is 0.200. The van der Waals surface area contributed by atoms with Crippen LogP contribution in [0.15, 0.2) is 96.2 Å². The highest BCUT2D eigenvalue weighted by Crippen LogP contribution is 2.31. The molecular weight excluding hydrogens is 545 g/mol. The Morgan fingerprint density at radius 2 is 1.76 bits per heavy atom. The highest BCUT2D eigenvalue weighted by atomic mass is 32.2. The zero-order chi connectivity index (χ0) is 28.8. The van der Waals surface area contributed by atoms with E-state index in [0.29, 0.717) is 30.0 Å². The quantitative estimate of drug-likeness (QED) is 0.250. The molecule has 41 heavy (non-hydrogen) atoms. The van der Waals surface area contributed by atoms with E-state index >= 15 is 0 Å². The molecule has 4 aromatic rings. The number of pyridine rings is 1. The van der Waals surface area contributed by atoms with E-state index in [-0.39, 0.29) is 16.6 Å². The second kappa shape index (κ2) is 12.5. The van der Waals surface area contributed by atoms with Gasteiger partial charge in [-0.05, 0) is 71.3 Å². The molecule has 0 unspecified atom stereocenters. The summed E-state index contributed by atoms with van der Waals surface area (Å²) in [6.45, 7) is 2.65. The van der Waals surface area contributed by atoms with Gasteiger partial charge >= 0.3 is 6.03 Å². The zero-order valence-corrected chi connectivity index (χ0v) is 23.2. The van der Waals surface area contributed by atoms with Gasteiger partial charge in [-0.15, -0.1) is 0 Å². The van der Waals surface area contributed by atoms with Crippen LogP contribution in [0.3, 0.4) is 0 Å². The summed E-state index contributed by atoms with van der Waals surface area (Å²) in [7, 11) is -2.38. The standard InChI is InChI=1S/C30H30FN5O4S/c1-40-27-19-36(20-27)18-21-4-2-6-23(14-21)28-15-24(31)7-12-29(28)41(38,39)35-26-10-8-25(9-11-26)34-30(37)33-17-22-5-3-13-32-16-22/h2-16,27,35H,17-20H2,1H3,(H2,33,34,37). The summed E-state index contributed by atoms with van der Waals surface area (Å²) >= 11 is 0. The first kappa shape index (κ1) is 28.2. The molecule has 1 aliphatic rings. The molecule has 1 aliphatic heterocycles. The van der Waals surface area contributed by atoms with Crippen LogP contribution in [0.5, 0.6) is 0 Å². The minimum atomic E-state index is -4.07. The average Bonchev–Trinajstić information content (AvgIpc) is 2.95. The number of carbonyl (C=O) groups excluding carboxylic acids is 1. The van der Waals surface area contributed by atoms with E-state index in [4.69, 9.17) is 4.74 Å². The first-order valence-electron chi connectivity index (χ1n) is 13.0. The number of likely N-dealkylation sites (tertiary alicyclic amines) is 1. The number of benzene rings is 3. The number of aromatic nitrogens is 1. The molecule has 2 amide bonds. The van der Waals surface area contributed by atoms with E-state index in [1.807, 2.05) is 24.3 Å². The zero-order valence-electron chi connectivity index (χ0n) is 22.4. The van der Waals surface area contributed by atoms with E-state index in [9.17, 15) is 17.6 Å². The Bertz CT molecular complexity index is 1610. The van der Waals surface area contributed by atoms with Gasteiger partial charge in [-0.1, -0.05) is 24.3 Å². The van der Waals surface area contributed by atoms with Crippen molar-refractivity contribution in [1.29, 1.82) is 0 Å². The number of nitrogens with zero attached hydrogens (tertiary/aromatic N) is 2. The summed E-state index contributed by atoms with van der Waals surface area (Å²) < 4.78 is 49.1. The van der Waals surface area contributed by atoms with Crippen LogP contribution < -0.4 is 15.4 Å². The molecule has 11 heteroatoms. The van der Waals surface area contributed by atoms with Crippen molar-refractivity contribution in [3.05, 3.63) is 108 Å². The lowest BCUT2D eigenvalue weighted by Crippen LogP contribution is -2.50. The molecule has 3 N–H and O–H groups in total. The van der Waals surface area contributed by atoms with Crippen molar-refractivity contribution >= 4 is 27.4 Å². The number of rotatable bonds is 10. The van der Waals surface area contributed by atoms with Crippen molar-refractivity contribution < 1.29 is 22.3 Å². The lowest BCUT2D eigenvalue weighted by atomic mass is 10.0. The summed E-state index contributed by atoms with van der Waals surface area (Å²) in [5.41, 5.74) is 3.49. The minimum Gasteiger partial charge on any atom is -0.379 e. The molecule has 0 bridgehead atoms. The SMILES string of the molecule is COC1CN(Cc2cccc(-c3cc(F)ccc3S(=O)(=O)Nc3ccc(NC(=O)NCc4cccnc4)cc3)c2)C1. The number of carbonyl (C=O) groups is 1. The molecule has 2 heterocycles. The van der Waals surface area contributed by atoms with Gasteiger partial charge in [-0.3, -0.25) is 14.6 Å². The summed E-state index contributed by atoms with van der Waals surface area (Å²) in [5.74, 6) is -0.535. The molecular formula is C30H30FN5O4S. The van der Waals surface area contributed by atoms with Crippen LogP contribution in [-0.2, 0) is 27.8 Å². The number of halogens is 1. The van der Waals surface area contributed by atoms with E-state index in [1.54, 1.807) is 55.9 Å². The van der Waals surface area contributed by atoms with Crippen LogP contribution in [0.4, 0.5) is 20.6 Å². The second-order valence-corrected chi connectivity index (χ2v) is 11.4. The monoisotopic (exact) mass is 575 g/mol. The van der Waals surface area contributed by atoms with Gasteiger partial charge < -0.3 is 15.4 Å². The summed E-state index contributed by atoms with van der Waals surface area (Å²) in [6, 6.07) is 20.6. The molecule has 5 rings (SSSR count). The van der Waals surface area contributed by atoms with Crippen LogP contribution in [0, 0.1) is 5.82 Å². The number of hydrogen-bond acceptors (Lipinski definition) is 6. The van der Waals surface area contributed by atoms with Crippen molar-refractivity contribution in [2.24, 2.45) is 0 Å². The Morgan fingerprint density at radius 1 is 1.00 bits per heavy atom. The fourth-order valence-electron chi connectivity index (χ4n) is 4.55. The van der Waals surface area contributed by atoms with Gasteiger partial charge in [0.05, 0.1) is 11.0 Å². The number of sulfonamides is 1. The Balaban J connectivity index is 1.27. The number of ether oxygens (including phenoxy) is 1. The van der Waals surface area contributed by atoms with Crippen molar-refractivity contribution in [2.75, 3.05) is 30.2 Å². The van der Waals surface area contributed by atoms with Crippen LogP contribution >= 0.6 is 0 Å². The van der Waals surface area contributed by atoms with Crippen LogP contribution in [0.25, 0.3) is 11.1 Å². The molecule has 212 valence electrons. The number of hydrogen-bond donors (Lipinski definition) is 3. The number of urea groups is 1. The predicted molar refractivity (Wildman–Crippen MR) is 155 cm³/mol. The van der Waals surface area contributed by atoms with E-state index in [0.717, 1.165) is 30.3 Å². The van der Waals surface area contributed by atoms with Gasteiger partial charge in [0, 0.05) is 62.6 Å². The van der Waals surface area contributed by atoms with Crippen molar-refractivity contribution in [2.45, 2.75) is 24.1 Å². The normalized spacial score (nSPS) is 13.8. The van der Waals surface area contributed by atoms with Crippen LogP contribution in [0.1, 0.15) is 11.1 Å². The Hall–Kier alpha value is -4.32. The van der Waals surface area contributed by atoms with E-state index in [2.05, 4.69) is 25.2 Å². The molecule has 0 radical (unpaired) electrons. The fourth-order valence-corrected chi connectivity index (χ4v) is 5.82. The number of nitrogens with one attached hydrogen (secondary N) is 3. The van der Waals surface area contributed by atoms with Crippen molar-refractivity contribution in [3.63, 3.8) is 0 Å². The number of methoxy groups -OCH3 is 1. The first-order valence-corrected chi connectivity index (χ1v) is 14.5. The molecule has 0 spiro atoms. The van der Waals surface area contributed by atoms with Crippen LogP contribution in [-0.4, -0.2) is 50.6 Å². The summed E-state index contributed by atoms with van der Waals surface area (Å²) in [4.78, 5) is 18.4. The Kier molecular flexibility index (Phi) is 8.58. The predicted octanol–water partition coefficient (Wildman–Crippen LogP) is 4.84.